The van der Waals surface area contributed by atoms with E-state index in [0.717, 1.165) is 35.7 Å². The van der Waals surface area contributed by atoms with Crippen LogP contribution in [0.4, 0.5) is 17.3 Å². The third kappa shape index (κ3) is 4.57. The molecule has 0 saturated carbocycles. The van der Waals surface area contributed by atoms with E-state index in [-0.39, 0.29) is 28.4 Å². The fourth-order valence-electron chi connectivity index (χ4n) is 4.16. The third-order valence-electron chi connectivity index (χ3n) is 5.99. The Hall–Kier alpha value is -3.06. The second-order valence-electron chi connectivity index (χ2n) is 8.51. The molecule has 36 heavy (non-hydrogen) atoms. The molecular formula is C23H24ClN5O5S2. The SMILES string of the molecule is C=C(C)[C@@H](Nc1nsnc1Nc1ccc(Cl)c(S(=O)(=O)N2CCCC2)c1O)c1ccc2c(c1)OCO2. The molecule has 5 rings (SSSR count). The molecule has 3 aromatic rings. The molecule has 2 aliphatic heterocycles. The van der Waals surface area contributed by atoms with E-state index in [9.17, 15) is 13.5 Å². The van der Waals surface area contributed by atoms with Gasteiger partial charge in [0.2, 0.25) is 16.8 Å². The summed E-state index contributed by atoms with van der Waals surface area (Å²) >= 11 is 7.19. The molecule has 0 radical (unpaired) electrons. The maximum atomic E-state index is 13.1. The summed E-state index contributed by atoms with van der Waals surface area (Å²) in [6.45, 7) is 6.93. The molecule has 2 aromatic carbocycles. The number of anilines is 3. The largest absolute Gasteiger partial charge is 0.504 e. The van der Waals surface area contributed by atoms with Gasteiger partial charge < -0.3 is 25.2 Å². The summed E-state index contributed by atoms with van der Waals surface area (Å²) in [5.41, 5.74) is 1.85. The van der Waals surface area contributed by atoms with Gasteiger partial charge in [-0.2, -0.15) is 13.1 Å². The van der Waals surface area contributed by atoms with Gasteiger partial charge in [-0.05, 0) is 49.6 Å². The summed E-state index contributed by atoms with van der Waals surface area (Å²) in [7, 11) is -3.95. The Labute approximate surface area is 217 Å². The van der Waals surface area contributed by atoms with Crippen LogP contribution in [0.1, 0.15) is 31.4 Å². The van der Waals surface area contributed by atoms with Crippen molar-refractivity contribution in [1.29, 1.82) is 0 Å². The number of sulfonamides is 1. The van der Waals surface area contributed by atoms with E-state index in [0.29, 0.717) is 36.2 Å². The molecule has 190 valence electrons. The summed E-state index contributed by atoms with van der Waals surface area (Å²) in [4.78, 5) is -0.325. The Morgan fingerprint density at radius 1 is 1.17 bits per heavy atom. The van der Waals surface area contributed by atoms with Crippen molar-refractivity contribution >= 4 is 50.7 Å². The van der Waals surface area contributed by atoms with E-state index in [1.165, 1.54) is 16.4 Å². The lowest BCUT2D eigenvalue weighted by Crippen LogP contribution is -2.28. The van der Waals surface area contributed by atoms with E-state index in [1.807, 2.05) is 25.1 Å². The molecule has 2 aliphatic rings. The number of aromatic nitrogens is 2. The molecule has 0 unspecified atom stereocenters. The van der Waals surface area contributed by atoms with Crippen LogP contribution in [0, 0.1) is 0 Å². The van der Waals surface area contributed by atoms with Crippen LogP contribution >= 0.6 is 23.3 Å². The van der Waals surface area contributed by atoms with Crippen LogP contribution in [0.5, 0.6) is 17.2 Å². The minimum Gasteiger partial charge on any atom is -0.504 e. The zero-order valence-corrected chi connectivity index (χ0v) is 21.7. The van der Waals surface area contributed by atoms with Crippen molar-refractivity contribution in [2.75, 3.05) is 30.5 Å². The summed E-state index contributed by atoms with van der Waals surface area (Å²) in [6.07, 6.45) is 1.53. The quantitative estimate of drug-likeness (QED) is 0.266. The molecular weight excluding hydrogens is 526 g/mol. The van der Waals surface area contributed by atoms with Crippen LogP contribution in [-0.4, -0.2) is 46.5 Å². The van der Waals surface area contributed by atoms with Crippen molar-refractivity contribution in [3.8, 4) is 17.2 Å². The van der Waals surface area contributed by atoms with Gasteiger partial charge in [0.25, 0.3) is 0 Å². The zero-order chi connectivity index (χ0) is 25.4. The van der Waals surface area contributed by atoms with Gasteiger partial charge in [0.15, 0.2) is 28.9 Å². The Balaban J connectivity index is 1.43. The summed E-state index contributed by atoms with van der Waals surface area (Å²) in [6, 6.07) is 8.23. The molecule has 1 atom stereocenters. The van der Waals surface area contributed by atoms with Crippen LogP contribution in [-0.2, 0) is 10.0 Å². The van der Waals surface area contributed by atoms with E-state index < -0.39 is 15.8 Å². The maximum Gasteiger partial charge on any atom is 0.248 e. The Kier molecular flexibility index (Phi) is 6.68. The molecule has 13 heteroatoms. The molecule has 0 amide bonds. The number of nitrogens with one attached hydrogen (secondary N) is 2. The molecule has 0 bridgehead atoms. The number of phenolic OH excluding ortho intramolecular Hbond substituents is 1. The first-order valence-corrected chi connectivity index (χ1v) is 13.7. The Morgan fingerprint density at radius 3 is 2.64 bits per heavy atom. The predicted octanol–water partition coefficient (Wildman–Crippen LogP) is 4.88. The molecule has 0 spiro atoms. The maximum absolute atomic E-state index is 13.1. The number of phenols is 1. The number of nitrogens with zero attached hydrogens (tertiary/aromatic N) is 3. The van der Waals surface area contributed by atoms with Gasteiger partial charge in [0, 0.05) is 13.1 Å². The van der Waals surface area contributed by atoms with Gasteiger partial charge in [-0.1, -0.05) is 29.8 Å². The summed E-state index contributed by atoms with van der Waals surface area (Å²) in [5.74, 6) is 1.57. The zero-order valence-electron chi connectivity index (χ0n) is 19.3. The van der Waals surface area contributed by atoms with E-state index in [4.69, 9.17) is 21.1 Å². The van der Waals surface area contributed by atoms with Crippen molar-refractivity contribution in [3.05, 3.63) is 53.1 Å². The molecule has 3 heterocycles. The fraction of sp³-hybridized carbons (Fsp3) is 0.304. The smallest absolute Gasteiger partial charge is 0.248 e. The average Bonchev–Trinajstić information content (AvgIpc) is 3.61. The minimum atomic E-state index is -3.95. The molecule has 1 aromatic heterocycles. The van der Waals surface area contributed by atoms with Crippen molar-refractivity contribution < 1.29 is 23.0 Å². The first kappa shape index (κ1) is 24.6. The highest BCUT2D eigenvalue weighted by Crippen LogP contribution is 2.42. The number of benzene rings is 2. The van der Waals surface area contributed by atoms with Gasteiger partial charge in [-0.3, -0.25) is 0 Å². The van der Waals surface area contributed by atoms with E-state index in [1.54, 1.807) is 0 Å². The van der Waals surface area contributed by atoms with Gasteiger partial charge in [0.1, 0.15) is 4.90 Å². The fourth-order valence-corrected chi connectivity index (χ4v) is 6.75. The molecule has 1 saturated heterocycles. The number of aromatic hydroxyl groups is 1. The lowest BCUT2D eigenvalue weighted by atomic mass is 10.0. The Morgan fingerprint density at radius 2 is 1.89 bits per heavy atom. The third-order valence-corrected chi connectivity index (χ3v) is 8.92. The predicted molar refractivity (Wildman–Crippen MR) is 138 cm³/mol. The molecule has 10 nitrogen and oxygen atoms in total. The number of fused-ring (bicyclic) bond motifs is 1. The van der Waals surface area contributed by atoms with Gasteiger partial charge >= 0.3 is 0 Å². The van der Waals surface area contributed by atoms with Crippen molar-refractivity contribution in [2.24, 2.45) is 0 Å². The summed E-state index contributed by atoms with van der Waals surface area (Å²) in [5, 5.41) is 17.2. The average molecular weight is 550 g/mol. The lowest BCUT2D eigenvalue weighted by Gasteiger charge is -2.21. The Bertz CT molecular complexity index is 1420. The molecule has 0 aliphatic carbocycles. The van der Waals surface area contributed by atoms with Crippen molar-refractivity contribution in [1.82, 2.24) is 13.1 Å². The van der Waals surface area contributed by atoms with Crippen LogP contribution < -0.4 is 20.1 Å². The highest BCUT2D eigenvalue weighted by Gasteiger charge is 2.33. The standard InChI is InChI=1S/C23H24ClN5O5S2/c1-13(2)19(14-5-8-17-18(11-14)34-12-33-17)26-23-22(27-35-28-23)25-16-7-6-15(24)21(20(16)30)36(31,32)29-9-3-4-10-29/h5-8,11,19,30H,1,3-4,9-10,12H2,2H3,(H,25,27)(H,26,28)/t19-/m1/s1. The summed E-state index contributed by atoms with van der Waals surface area (Å²) < 4.78 is 47.1. The van der Waals surface area contributed by atoms with Crippen LogP contribution in [0.2, 0.25) is 5.02 Å². The highest BCUT2D eigenvalue weighted by atomic mass is 35.5. The number of ether oxygens (including phenoxy) is 2. The van der Waals surface area contributed by atoms with Crippen LogP contribution in [0.15, 0.2) is 47.4 Å². The monoisotopic (exact) mass is 549 g/mol. The number of hydrogen-bond acceptors (Lipinski definition) is 10. The normalized spacial score (nSPS) is 16.2. The van der Waals surface area contributed by atoms with Gasteiger partial charge in [0.05, 0.1) is 28.5 Å². The first-order chi connectivity index (χ1) is 17.3. The van der Waals surface area contributed by atoms with Crippen molar-refractivity contribution in [2.45, 2.75) is 30.7 Å². The first-order valence-electron chi connectivity index (χ1n) is 11.2. The van der Waals surface area contributed by atoms with E-state index in [2.05, 4.69) is 26.0 Å². The second-order valence-corrected chi connectivity index (χ2v) is 11.3. The number of halogens is 1. The van der Waals surface area contributed by atoms with Crippen LogP contribution in [0.25, 0.3) is 0 Å². The lowest BCUT2D eigenvalue weighted by molar-refractivity contribution is 0.174. The molecule has 1 fully saturated rings. The second kappa shape index (κ2) is 9.77. The van der Waals surface area contributed by atoms with Gasteiger partial charge in [-0.25, -0.2) is 8.42 Å². The van der Waals surface area contributed by atoms with Crippen LogP contribution in [0.3, 0.4) is 0 Å². The molecule has 3 N–H and O–H groups in total. The number of hydrogen-bond donors (Lipinski definition) is 3. The number of rotatable bonds is 8. The van der Waals surface area contributed by atoms with Crippen molar-refractivity contribution in [3.63, 3.8) is 0 Å². The topological polar surface area (TPSA) is 126 Å². The highest BCUT2D eigenvalue weighted by molar-refractivity contribution is 7.89. The van der Waals surface area contributed by atoms with Gasteiger partial charge in [-0.15, -0.1) is 0 Å². The minimum absolute atomic E-state index is 0.0511. The van der Waals surface area contributed by atoms with E-state index >= 15 is 0 Å².